The van der Waals surface area contributed by atoms with Crippen molar-refractivity contribution in [2.24, 2.45) is 11.8 Å². The Labute approximate surface area is 539 Å². The summed E-state index contributed by atoms with van der Waals surface area (Å²) in [5.74, 6) is -2.34. The second-order valence-electron chi connectivity index (χ2n) is 24.6. The summed E-state index contributed by atoms with van der Waals surface area (Å²) in [6, 6.07) is 24.6. The van der Waals surface area contributed by atoms with Gasteiger partial charge in [0, 0.05) is 112 Å². The zero-order valence-corrected chi connectivity index (χ0v) is 53.3. The summed E-state index contributed by atoms with van der Waals surface area (Å²) in [7, 11) is 3.45. The molecule has 5 aliphatic rings. The number of carbonyl (C=O) groups is 9. The molecule has 0 radical (unpaired) electrons. The number of rotatable bonds is 23. The van der Waals surface area contributed by atoms with Crippen LogP contribution in [0.2, 0.25) is 0 Å². The highest BCUT2D eigenvalue weighted by molar-refractivity contribution is 6.19. The summed E-state index contributed by atoms with van der Waals surface area (Å²) in [5, 5.41) is 19.3. The topological polar surface area (TPSA) is 254 Å². The number of hydrogen-bond acceptors (Lipinski definition) is 15. The first-order valence-corrected chi connectivity index (χ1v) is 32.0. The molecule has 5 aliphatic heterocycles. The minimum absolute atomic E-state index is 0.0000430. The van der Waals surface area contributed by atoms with Crippen molar-refractivity contribution in [2.75, 3.05) is 81.0 Å². The fourth-order valence-electron chi connectivity index (χ4n) is 12.6. The summed E-state index contributed by atoms with van der Waals surface area (Å²) in [4.78, 5) is 130. The minimum Gasteiger partial charge on any atom is -0.493 e. The lowest BCUT2D eigenvalue weighted by Crippen LogP contribution is -2.55. The molecule has 3 N–H and O–H groups in total. The summed E-state index contributed by atoms with van der Waals surface area (Å²) >= 11 is 6.61. The monoisotopic (exact) mass is 1280 g/mol. The number of ketones is 1. The molecule has 2 saturated heterocycles. The van der Waals surface area contributed by atoms with Gasteiger partial charge >= 0.3 is 12.2 Å². The molecule has 486 valence electrons. The van der Waals surface area contributed by atoms with Crippen molar-refractivity contribution >= 4 is 92.8 Å². The van der Waals surface area contributed by atoms with Gasteiger partial charge in [0.15, 0.2) is 17.7 Å². The van der Waals surface area contributed by atoms with Crippen LogP contribution in [0, 0.1) is 11.8 Å². The lowest BCUT2D eigenvalue weighted by molar-refractivity contribution is -0.137. The van der Waals surface area contributed by atoms with Crippen LogP contribution in [0.3, 0.4) is 0 Å². The molecular formula is C69H79ClN8O14. The Hall–Kier alpha value is -8.86. The van der Waals surface area contributed by atoms with Crippen LogP contribution in [0.1, 0.15) is 111 Å². The van der Waals surface area contributed by atoms with E-state index in [0.29, 0.717) is 98.5 Å². The Morgan fingerprint density at radius 2 is 1.45 bits per heavy atom. The molecule has 8 amide bonds. The van der Waals surface area contributed by atoms with E-state index in [9.17, 15) is 48.3 Å². The maximum absolute atomic E-state index is 14.5. The molecule has 0 spiro atoms. The van der Waals surface area contributed by atoms with Gasteiger partial charge in [0.1, 0.15) is 30.8 Å². The van der Waals surface area contributed by atoms with Crippen LogP contribution in [-0.2, 0) is 53.1 Å². The smallest absolute Gasteiger partial charge is 0.416 e. The third kappa shape index (κ3) is 15.0. The first-order valence-electron chi connectivity index (χ1n) is 31.5. The van der Waals surface area contributed by atoms with Crippen molar-refractivity contribution in [3.05, 3.63) is 131 Å². The third-order valence-electron chi connectivity index (χ3n) is 17.9. The van der Waals surface area contributed by atoms with E-state index >= 15 is 0 Å². The summed E-state index contributed by atoms with van der Waals surface area (Å²) in [5.41, 5.74) is 4.03. The number of ether oxygens (including phenoxy) is 4. The lowest BCUT2D eigenvalue weighted by atomic mass is 9.88. The first-order chi connectivity index (χ1) is 44.3. The Bertz CT molecular complexity index is 3650. The number of hydrogen-bond donors (Lipinski definition) is 3. The highest BCUT2D eigenvalue weighted by Gasteiger charge is 2.45. The van der Waals surface area contributed by atoms with Crippen molar-refractivity contribution in [3.63, 3.8) is 0 Å². The summed E-state index contributed by atoms with van der Waals surface area (Å²) in [6.45, 7) is 8.45. The number of halogens is 1. The number of nitrogens with zero attached hydrogens (tertiary/aromatic N) is 6. The third-order valence-corrected chi connectivity index (χ3v) is 18.2. The molecule has 5 aromatic carbocycles. The van der Waals surface area contributed by atoms with Gasteiger partial charge in [-0.15, -0.1) is 11.6 Å². The number of anilines is 3. The Balaban J connectivity index is 0.770. The van der Waals surface area contributed by atoms with Gasteiger partial charge in [-0.3, -0.25) is 38.5 Å². The predicted molar refractivity (Wildman–Crippen MR) is 345 cm³/mol. The lowest BCUT2D eigenvalue weighted by Gasteiger charge is -2.38. The van der Waals surface area contributed by atoms with E-state index in [4.69, 9.17) is 30.5 Å². The number of methoxy groups -OCH3 is 1. The van der Waals surface area contributed by atoms with E-state index in [2.05, 4.69) is 15.5 Å². The number of piperidine rings is 1. The zero-order chi connectivity index (χ0) is 65.3. The van der Waals surface area contributed by atoms with Crippen LogP contribution in [-0.4, -0.2) is 162 Å². The van der Waals surface area contributed by atoms with Gasteiger partial charge in [-0.2, -0.15) is 0 Å². The molecule has 92 heavy (non-hydrogen) atoms. The predicted octanol–water partition coefficient (Wildman–Crippen LogP) is 8.72. The van der Waals surface area contributed by atoms with Gasteiger partial charge in [-0.1, -0.05) is 80.9 Å². The highest BCUT2D eigenvalue weighted by atomic mass is 35.5. The second kappa shape index (κ2) is 29.6. The minimum atomic E-state index is -1.51. The molecule has 10 rings (SSSR count). The number of carbonyl (C=O) groups excluding carboxylic acids is 9. The molecule has 0 aliphatic carbocycles. The van der Waals surface area contributed by atoms with E-state index in [1.54, 1.807) is 52.0 Å². The molecular weight excluding hydrogens is 1200 g/mol. The zero-order valence-electron chi connectivity index (χ0n) is 52.5. The van der Waals surface area contributed by atoms with Gasteiger partial charge in [0.25, 0.3) is 17.7 Å². The quantitative estimate of drug-likeness (QED) is 0.0314. The fourth-order valence-corrected chi connectivity index (χ4v) is 12.8. The number of aliphatic hydroxyl groups is 1. The molecule has 0 aromatic heterocycles. The van der Waals surface area contributed by atoms with E-state index in [-0.39, 0.29) is 103 Å². The summed E-state index contributed by atoms with van der Waals surface area (Å²) in [6.07, 6.45) is 3.42. The van der Waals surface area contributed by atoms with Crippen molar-refractivity contribution < 1.29 is 67.2 Å². The molecule has 5 aromatic rings. The van der Waals surface area contributed by atoms with Crippen LogP contribution < -0.4 is 34.6 Å². The normalized spacial score (nSPS) is 18.7. The van der Waals surface area contributed by atoms with Crippen molar-refractivity contribution in [2.45, 2.75) is 116 Å². The number of alkyl halides is 1. The van der Waals surface area contributed by atoms with Crippen LogP contribution in [0.4, 0.5) is 26.7 Å². The Kier molecular flexibility index (Phi) is 21.3. The average molecular weight is 1280 g/mol. The number of piperazine rings is 1. The highest BCUT2D eigenvalue weighted by Crippen LogP contribution is 2.47. The number of nitrogens with one attached hydrogen (secondary N) is 2. The van der Waals surface area contributed by atoms with Gasteiger partial charge in [0.2, 0.25) is 17.7 Å². The number of Topliss-reactive ketones (excluding diaryl/α,β-unsaturated/α-hetero) is 1. The molecule has 0 bridgehead atoms. The maximum atomic E-state index is 14.5. The summed E-state index contributed by atoms with van der Waals surface area (Å²) < 4.78 is 24.2. The van der Waals surface area contributed by atoms with Gasteiger partial charge < -0.3 is 54.3 Å². The first kappa shape index (κ1) is 66.1. The molecule has 23 heteroatoms. The molecule has 22 nitrogen and oxygen atoms in total. The van der Waals surface area contributed by atoms with E-state index in [1.807, 2.05) is 69.4 Å². The number of aliphatic hydroxyl groups excluding tert-OH is 1. The molecule has 2 fully saturated rings. The Morgan fingerprint density at radius 3 is 2.16 bits per heavy atom. The molecule has 5 atom stereocenters. The number of likely N-dealkylation sites (N-methyl/N-ethyl adjacent to an activating group) is 1. The number of amides is 8. The molecule has 0 saturated carbocycles. The SMILES string of the molecule is COc1cc2c(cc1OCc1cccc(CC(=O)N3C[C@@H](CCl)c4c3cc(OC(=O)N3CCN(C)CC3)c3ccccc43)c1)N(C(=O)OCc1ccc(NC(=O)[C@H](C)NC(=O)[C@@H](CC(=O)CCCCCN3C(=O)C=CC3=O)C(C)C)cc1)C(O)[C@@H]1CCCCN1C2=O. The largest absolute Gasteiger partial charge is 0.493 e. The standard InChI is InChI=1S/C69H79ClN8O14/c1-42(2)52(34-49(79)16-7-6-11-27-76-60(80)24-25-61(76)81)65(84)71-43(3)64(83)72-48-22-20-44(21-23-48)40-91-69(88)78-55-36-59(58(89-5)35-53(55)66(85)75-26-12-10-19-54(75)67(78)86)90-41-46-15-13-14-45(32-46)33-62(82)77-39-47(38-70)63-51-18-9-8-17-50(51)57(37-56(63)77)92-68(87)74-30-28-73(4)29-31-74/h8-9,13-15,17-18,20-25,32,35-37,42-43,47,52,54,67,86H,6-7,10-12,16,19,26-31,33-34,38-41H2,1-5H3,(H,71,84)(H,72,83)/t43-,47+,52-,54-,67?/m0/s1. The number of imide groups is 1. The van der Waals surface area contributed by atoms with E-state index in [0.717, 1.165) is 34.3 Å². The fraction of sp³-hybridized carbons (Fsp3) is 0.435. The van der Waals surface area contributed by atoms with Crippen molar-refractivity contribution in [1.82, 2.24) is 24.9 Å². The number of fused-ring (bicyclic) bond motifs is 5. The van der Waals surface area contributed by atoms with Crippen molar-refractivity contribution in [1.29, 1.82) is 0 Å². The number of benzene rings is 5. The second-order valence-corrected chi connectivity index (χ2v) is 24.9. The van der Waals surface area contributed by atoms with Crippen molar-refractivity contribution in [3.8, 4) is 17.2 Å². The van der Waals surface area contributed by atoms with Crippen LogP contribution >= 0.6 is 11.6 Å². The number of unbranched alkanes of at least 4 members (excludes halogenated alkanes) is 2. The van der Waals surface area contributed by atoms with E-state index in [1.165, 1.54) is 36.3 Å². The van der Waals surface area contributed by atoms with Crippen LogP contribution in [0.25, 0.3) is 10.8 Å². The van der Waals surface area contributed by atoms with E-state index < -0.39 is 54.1 Å². The maximum Gasteiger partial charge on any atom is 0.416 e. The molecule has 5 heterocycles. The van der Waals surface area contributed by atoms with Crippen LogP contribution in [0.5, 0.6) is 17.2 Å². The van der Waals surface area contributed by atoms with Gasteiger partial charge in [0.05, 0.1) is 36.5 Å². The Morgan fingerprint density at radius 1 is 0.728 bits per heavy atom. The average Bonchev–Trinajstić information content (AvgIpc) is 1.58. The van der Waals surface area contributed by atoms with Gasteiger partial charge in [-0.25, -0.2) is 14.5 Å². The van der Waals surface area contributed by atoms with Gasteiger partial charge in [-0.05, 0) is 97.8 Å². The molecule has 1 unspecified atom stereocenters. The van der Waals surface area contributed by atoms with Crippen LogP contribution in [0.15, 0.2) is 103 Å².